The Balaban J connectivity index is 0.000000284. The van der Waals surface area contributed by atoms with Crippen molar-refractivity contribution in [2.24, 2.45) is 0 Å². The van der Waals surface area contributed by atoms with Crippen molar-refractivity contribution in [3.8, 4) is 0 Å². The minimum Gasteiger partial charge on any atom is -0.788 e. The summed E-state index contributed by atoms with van der Waals surface area (Å²) in [5.41, 5.74) is 2.45. The van der Waals surface area contributed by atoms with Crippen molar-refractivity contribution in [2.45, 2.75) is 11.5 Å². The van der Waals surface area contributed by atoms with E-state index in [1.165, 1.54) is 11.1 Å². The van der Waals surface area contributed by atoms with Gasteiger partial charge < -0.3 is 25.3 Å². The van der Waals surface area contributed by atoms with Gasteiger partial charge in [-0.05, 0) is 0 Å². The summed E-state index contributed by atoms with van der Waals surface area (Å²) in [6, 6.07) is 20.1. The summed E-state index contributed by atoms with van der Waals surface area (Å²) < 4.78 is 0. The number of hydrogen-bond acceptors (Lipinski definition) is 2. The van der Waals surface area contributed by atoms with E-state index in [1.807, 2.05) is 60.7 Å². The van der Waals surface area contributed by atoms with Crippen molar-refractivity contribution in [2.75, 3.05) is 0 Å². The summed E-state index contributed by atoms with van der Waals surface area (Å²) in [5.74, 6) is 1.45. The van der Waals surface area contributed by atoms with Crippen molar-refractivity contribution in [1.29, 1.82) is 0 Å². The zero-order chi connectivity index (χ0) is 11.6. The topological polar surface area (TPSA) is 0 Å². The zero-order valence-corrected chi connectivity index (χ0v) is 12.0. The van der Waals surface area contributed by atoms with Gasteiger partial charge in [0.25, 0.3) is 0 Å². The monoisotopic (exact) mass is 305 g/mol. The summed E-state index contributed by atoms with van der Waals surface area (Å²) in [6.45, 7) is 0. The van der Waals surface area contributed by atoms with Crippen molar-refractivity contribution < 1.29 is 16.8 Å². The van der Waals surface area contributed by atoms with Gasteiger partial charge in [0, 0.05) is 0 Å². The van der Waals surface area contributed by atoms with Gasteiger partial charge in [0.1, 0.15) is 0 Å². The second-order valence-corrected chi connectivity index (χ2v) is 3.84. The Morgan fingerprint density at radius 3 is 1.06 bits per heavy atom. The predicted octanol–water partition coefficient (Wildman–Crippen LogP) is 3.46. The van der Waals surface area contributed by atoms with Crippen LogP contribution in [0.15, 0.2) is 60.7 Å². The van der Waals surface area contributed by atoms with Crippen LogP contribution >= 0.6 is 0 Å². The van der Waals surface area contributed by atoms with Crippen LogP contribution in [0.5, 0.6) is 0 Å². The van der Waals surface area contributed by atoms with Gasteiger partial charge in [0.2, 0.25) is 0 Å². The minimum absolute atomic E-state index is 0. The normalized spacial score (nSPS) is 8.59. The van der Waals surface area contributed by atoms with Gasteiger partial charge in [-0.15, -0.1) is 0 Å². The molecular formula is C14H14CoS2. The summed E-state index contributed by atoms with van der Waals surface area (Å²) in [6.07, 6.45) is 0. The quantitative estimate of drug-likeness (QED) is 0.779. The van der Waals surface area contributed by atoms with Crippen LogP contribution in [-0.4, -0.2) is 0 Å². The average Bonchev–Trinajstić information content (AvgIpc) is 2.41. The van der Waals surface area contributed by atoms with Crippen LogP contribution in [0.25, 0.3) is 0 Å². The van der Waals surface area contributed by atoms with Gasteiger partial charge in [-0.3, -0.25) is 0 Å². The van der Waals surface area contributed by atoms with Crippen LogP contribution in [-0.2, 0) is 53.5 Å². The Hall–Kier alpha value is -0.354. The summed E-state index contributed by atoms with van der Waals surface area (Å²) >= 11 is 9.64. The molecule has 0 saturated carbocycles. The maximum Gasteiger partial charge on any atom is 2.00 e. The van der Waals surface area contributed by atoms with Crippen LogP contribution in [0, 0.1) is 0 Å². The first kappa shape index (κ1) is 16.6. The Morgan fingerprint density at radius 1 is 0.588 bits per heavy atom. The molecule has 0 atom stereocenters. The Bertz CT molecular complexity index is 336. The van der Waals surface area contributed by atoms with E-state index in [2.05, 4.69) is 0 Å². The summed E-state index contributed by atoms with van der Waals surface area (Å²) in [5, 5.41) is 0. The first-order valence-corrected chi connectivity index (χ1v) is 6.26. The molecule has 0 aliphatic heterocycles. The third kappa shape index (κ3) is 7.55. The second kappa shape index (κ2) is 10.8. The van der Waals surface area contributed by atoms with E-state index in [1.54, 1.807) is 0 Å². The van der Waals surface area contributed by atoms with Gasteiger partial charge in [0.15, 0.2) is 0 Å². The van der Waals surface area contributed by atoms with Crippen molar-refractivity contribution >= 4 is 25.3 Å². The van der Waals surface area contributed by atoms with E-state index in [9.17, 15) is 0 Å². The molecule has 0 fully saturated rings. The molecule has 91 valence electrons. The minimum atomic E-state index is 0. The molecule has 0 aliphatic carbocycles. The first-order valence-electron chi connectivity index (χ1n) is 5.11. The third-order valence-electron chi connectivity index (χ3n) is 2.02. The van der Waals surface area contributed by atoms with E-state index < -0.39 is 0 Å². The molecule has 0 N–H and O–H groups in total. The molecule has 2 aromatic rings. The number of hydrogen-bond donors (Lipinski definition) is 0. The molecule has 0 saturated heterocycles. The molecule has 0 heterocycles. The number of benzene rings is 2. The van der Waals surface area contributed by atoms with Gasteiger partial charge in [0.05, 0.1) is 0 Å². The van der Waals surface area contributed by atoms with Crippen LogP contribution < -0.4 is 0 Å². The maximum atomic E-state index is 4.82. The van der Waals surface area contributed by atoms with Gasteiger partial charge in [-0.1, -0.05) is 71.8 Å². The fourth-order valence-electron chi connectivity index (χ4n) is 1.15. The van der Waals surface area contributed by atoms with Crippen molar-refractivity contribution in [3.05, 3.63) is 71.8 Å². The smallest absolute Gasteiger partial charge is 0.788 e. The first-order chi connectivity index (χ1) is 7.86. The standard InChI is InChI=1S/2C7H8S.Co/c2*8-6-7-4-2-1-3-5-7;/h2*1-5,8H,6H2;/q;;+2/p-2. The van der Waals surface area contributed by atoms with Crippen LogP contribution in [0.3, 0.4) is 0 Å². The van der Waals surface area contributed by atoms with E-state index in [-0.39, 0.29) is 16.8 Å². The molecule has 0 amide bonds. The largest absolute Gasteiger partial charge is 2.00 e. The fraction of sp³-hybridized carbons (Fsp3) is 0.143. The Morgan fingerprint density at radius 2 is 0.882 bits per heavy atom. The molecule has 0 aliphatic rings. The van der Waals surface area contributed by atoms with E-state index in [0.717, 1.165) is 11.5 Å². The number of rotatable bonds is 2. The molecule has 0 bridgehead atoms. The maximum absolute atomic E-state index is 4.82. The SMILES string of the molecule is [Co+2].[S-]Cc1ccccc1.[S-]Cc1ccccc1. The Kier molecular flexibility index (Phi) is 10.6. The van der Waals surface area contributed by atoms with E-state index in [0.29, 0.717) is 0 Å². The molecule has 0 spiro atoms. The van der Waals surface area contributed by atoms with Gasteiger partial charge in [-0.2, -0.15) is 11.5 Å². The Labute approximate surface area is 125 Å². The van der Waals surface area contributed by atoms with Gasteiger partial charge in [-0.25, -0.2) is 0 Å². The van der Waals surface area contributed by atoms with Gasteiger partial charge >= 0.3 is 16.8 Å². The molecule has 2 rings (SSSR count). The molecule has 17 heavy (non-hydrogen) atoms. The summed E-state index contributed by atoms with van der Waals surface area (Å²) in [4.78, 5) is 0. The van der Waals surface area contributed by atoms with Crippen molar-refractivity contribution in [1.82, 2.24) is 0 Å². The van der Waals surface area contributed by atoms with Crippen LogP contribution in [0.4, 0.5) is 0 Å². The molecule has 0 nitrogen and oxygen atoms in total. The van der Waals surface area contributed by atoms with E-state index in [4.69, 9.17) is 25.3 Å². The predicted molar refractivity (Wildman–Crippen MR) is 75.0 cm³/mol. The molecule has 3 heteroatoms. The molecular weight excluding hydrogens is 291 g/mol. The van der Waals surface area contributed by atoms with Crippen LogP contribution in [0.1, 0.15) is 11.1 Å². The van der Waals surface area contributed by atoms with Crippen LogP contribution in [0.2, 0.25) is 0 Å². The van der Waals surface area contributed by atoms with E-state index >= 15 is 0 Å². The molecule has 2 aromatic carbocycles. The summed E-state index contributed by atoms with van der Waals surface area (Å²) in [7, 11) is 0. The fourth-order valence-corrected chi connectivity index (χ4v) is 1.53. The molecule has 1 radical (unpaired) electrons. The molecule has 0 unspecified atom stereocenters. The zero-order valence-electron chi connectivity index (χ0n) is 9.34. The second-order valence-electron chi connectivity index (χ2n) is 3.26. The average molecular weight is 305 g/mol. The van der Waals surface area contributed by atoms with Crippen molar-refractivity contribution in [3.63, 3.8) is 0 Å². The molecule has 0 aromatic heterocycles. The third-order valence-corrected chi connectivity index (χ3v) is 2.69.